The zero-order valence-electron chi connectivity index (χ0n) is 20.5. The van der Waals surface area contributed by atoms with Crippen LogP contribution in [0.4, 0.5) is 5.69 Å². The van der Waals surface area contributed by atoms with Crippen LogP contribution in [0.25, 0.3) is 0 Å². The summed E-state index contributed by atoms with van der Waals surface area (Å²) in [5.74, 6) is -0.192. The minimum Gasteiger partial charge on any atom is -0.354 e. The summed E-state index contributed by atoms with van der Waals surface area (Å²) in [6.45, 7) is 6.52. The third kappa shape index (κ3) is 9.02. The van der Waals surface area contributed by atoms with Crippen molar-refractivity contribution in [1.29, 1.82) is 0 Å². The van der Waals surface area contributed by atoms with Gasteiger partial charge < -0.3 is 10.2 Å². The molecule has 1 unspecified atom stereocenters. The summed E-state index contributed by atoms with van der Waals surface area (Å²) in [6.07, 6.45) is 1.37. The first kappa shape index (κ1) is 28.9. The average Bonchev–Trinajstić information content (AvgIpc) is 2.79. The number of nitrogens with one attached hydrogen (secondary N) is 1. The van der Waals surface area contributed by atoms with Gasteiger partial charge in [0.25, 0.3) is 0 Å². The molecule has 2 aromatic carbocycles. The SMILES string of the molecule is CC(C)CNC(=O)C(C)N(Cc1ccccc1)C(=O)CCCN(c1cc(Cl)ccc1Cl)S(C)(=O)=O. The Labute approximate surface area is 218 Å². The van der Waals surface area contributed by atoms with Crippen molar-refractivity contribution in [2.45, 2.75) is 46.2 Å². The molecule has 0 bridgehead atoms. The number of hydrogen-bond acceptors (Lipinski definition) is 4. The van der Waals surface area contributed by atoms with E-state index in [4.69, 9.17) is 23.2 Å². The molecule has 0 spiro atoms. The third-order valence-corrected chi connectivity index (χ3v) is 7.11. The van der Waals surface area contributed by atoms with Crippen LogP contribution in [0.15, 0.2) is 48.5 Å². The van der Waals surface area contributed by atoms with E-state index >= 15 is 0 Å². The lowest BCUT2D eigenvalue weighted by atomic mass is 10.1. The standard InChI is InChI=1S/C25H33Cl2N3O4S/c1-18(2)16-28-25(32)19(3)29(17-20-9-6-5-7-10-20)24(31)11-8-14-30(35(4,33)34)23-15-21(26)12-13-22(23)27/h5-7,9-10,12-13,15,18-19H,8,11,14,16-17H2,1-4H3,(H,28,32). The summed E-state index contributed by atoms with van der Waals surface area (Å²) in [4.78, 5) is 27.5. The second kappa shape index (κ2) is 13.1. The van der Waals surface area contributed by atoms with E-state index in [1.54, 1.807) is 13.0 Å². The summed E-state index contributed by atoms with van der Waals surface area (Å²) < 4.78 is 26.0. The van der Waals surface area contributed by atoms with Crippen molar-refractivity contribution in [3.8, 4) is 0 Å². The molecule has 0 aliphatic rings. The van der Waals surface area contributed by atoms with Crippen LogP contribution < -0.4 is 9.62 Å². The highest BCUT2D eigenvalue weighted by atomic mass is 35.5. The molecule has 0 aliphatic heterocycles. The Morgan fingerprint density at radius 1 is 1.03 bits per heavy atom. The molecule has 0 aliphatic carbocycles. The quantitative estimate of drug-likeness (QED) is 0.420. The van der Waals surface area contributed by atoms with Crippen molar-refractivity contribution in [2.24, 2.45) is 5.92 Å². The zero-order chi connectivity index (χ0) is 26.2. The van der Waals surface area contributed by atoms with Gasteiger partial charge in [0.2, 0.25) is 21.8 Å². The zero-order valence-corrected chi connectivity index (χ0v) is 22.8. The van der Waals surface area contributed by atoms with Gasteiger partial charge in [-0.2, -0.15) is 0 Å². The third-order valence-electron chi connectivity index (χ3n) is 5.38. The van der Waals surface area contributed by atoms with Crippen LogP contribution in [0.1, 0.15) is 39.2 Å². The number of rotatable bonds is 12. The van der Waals surface area contributed by atoms with Gasteiger partial charge in [0.05, 0.1) is 17.0 Å². The fraction of sp³-hybridized carbons (Fsp3) is 0.440. The first-order valence-corrected chi connectivity index (χ1v) is 14.0. The van der Waals surface area contributed by atoms with Gasteiger partial charge in [0.15, 0.2) is 0 Å². The van der Waals surface area contributed by atoms with Crippen molar-refractivity contribution in [3.05, 3.63) is 64.1 Å². The molecule has 2 aromatic rings. The van der Waals surface area contributed by atoms with Crippen LogP contribution in [0.2, 0.25) is 10.0 Å². The fourth-order valence-electron chi connectivity index (χ4n) is 3.47. The molecule has 0 fully saturated rings. The molecule has 1 N–H and O–H groups in total. The molecular weight excluding hydrogens is 509 g/mol. The van der Waals surface area contributed by atoms with E-state index in [-0.39, 0.29) is 54.4 Å². The van der Waals surface area contributed by atoms with Gasteiger partial charge in [-0.25, -0.2) is 8.42 Å². The van der Waals surface area contributed by atoms with Crippen molar-refractivity contribution in [2.75, 3.05) is 23.7 Å². The van der Waals surface area contributed by atoms with Gasteiger partial charge in [-0.3, -0.25) is 13.9 Å². The number of sulfonamides is 1. The highest BCUT2D eigenvalue weighted by molar-refractivity contribution is 7.92. The number of halogens is 2. The van der Waals surface area contributed by atoms with Gasteiger partial charge in [-0.05, 0) is 43.0 Å². The molecule has 1 atom stereocenters. The molecule has 0 saturated carbocycles. The topological polar surface area (TPSA) is 86.8 Å². The Bertz CT molecular complexity index is 1110. The maximum atomic E-state index is 13.3. The molecule has 7 nitrogen and oxygen atoms in total. The molecule has 2 amide bonds. The Hall–Kier alpha value is -2.29. The van der Waals surface area contributed by atoms with Gasteiger partial charge in [-0.15, -0.1) is 0 Å². The maximum Gasteiger partial charge on any atom is 0.242 e. The van der Waals surface area contributed by atoms with Gasteiger partial charge in [-0.1, -0.05) is 67.4 Å². The Morgan fingerprint density at radius 2 is 1.69 bits per heavy atom. The minimum absolute atomic E-state index is 0.0394. The van der Waals surface area contributed by atoms with E-state index < -0.39 is 16.1 Å². The van der Waals surface area contributed by atoms with E-state index in [1.165, 1.54) is 17.0 Å². The van der Waals surface area contributed by atoms with Crippen LogP contribution in [0.5, 0.6) is 0 Å². The van der Waals surface area contributed by atoms with Crippen molar-refractivity contribution in [1.82, 2.24) is 10.2 Å². The highest BCUT2D eigenvalue weighted by Crippen LogP contribution is 2.31. The molecule has 0 radical (unpaired) electrons. The number of carbonyl (C=O) groups excluding carboxylic acids is 2. The van der Waals surface area contributed by atoms with Crippen LogP contribution in [0.3, 0.4) is 0 Å². The van der Waals surface area contributed by atoms with Gasteiger partial charge in [0.1, 0.15) is 6.04 Å². The molecule has 0 saturated heterocycles. The lowest BCUT2D eigenvalue weighted by Crippen LogP contribution is -2.48. The summed E-state index contributed by atoms with van der Waals surface area (Å²) in [5, 5.41) is 3.48. The maximum absolute atomic E-state index is 13.3. The predicted octanol–water partition coefficient (Wildman–Crippen LogP) is 4.73. The lowest BCUT2D eigenvalue weighted by Gasteiger charge is -2.29. The van der Waals surface area contributed by atoms with E-state index in [0.717, 1.165) is 16.1 Å². The molecule has 35 heavy (non-hydrogen) atoms. The predicted molar refractivity (Wildman–Crippen MR) is 142 cm³/mol. The molecule has 2 rings (SSSR count). The molecule has 192 valence electrons. The average molecular weight is 543 g/mol. The Balaban J connectivity index is 2.16. The number of carbonyl (C=O) groups is 2. The first-order chi connectivity index (χ1) is 16.4. The molecule has 0 aromatic heterocycles. The summed E-state index contributed by atoms with van der Waals surface area (Å²) >= 11 is 12.3. The highest BCUT2D eigenvalue weighted by Gasteiger charge is 2.27. The van der Waals surface area contributed by atoms with E-state index in [1.807, 2.05) is 44.2 Å². The number of nitrogens with zero attached hydrogens (tertiary/aromatic N) is 2. The van der Waals surface area contributed by atoms with Gasteiger partial charge >= 0.3 is 0 Å². The van der Waals surface area contributed by atoms with Crippen LogP contribution in [-0.4, -0.2) is 50.5 Å². The molecular formula is C25H33Cl2N3O4S. The summed E-state index contributed by atoms with van der Waals surface area (Å²) in [5.41, 5.74) is 1.16. The van der Waals surface area contributed by atoms with Crippen LogP contribution >= 0.6 is 23.2 Å². The first-order valence-electron chi connectivity index (χ1n) is 11.4. The summed E-state index contributed by atoms with van der Waals surface area (Å²) in [7, 11) is -3.67. The molecule has 0 heterocycles. The molecule has 10 heteroatoms. The smallest absolute Gasteiger partial charge is 0.242 e. The van der Waals surface area contributed by atoms with Crippen LogP contribution in [-0.2, 0) is 26.2 Å². The second-order valence-electron chi connectivity index (χ2n) is 8.86. The second-order valence-corrected chi connectivity index (χ2v) is 11.6. The largest absolute Gasteiger partial charge is 0.354 e. The number of amides is 2. The minimum atomic E-state index is -3.67. The van der Waals surface area contributed by atoms with E-state index in [9.17, 15) is 18.0 Å². The summed E-state index contributed by atoms with van der Waals surface area (Å²) in [6, 6.07) is 13.3. The normalized spacial score (nSPS) is 12.3. The van der Waals surface area contributed by atoms with Crippen molar-refractivity contribution in [3.63, 3.8) is 0 Å². The number of hydrogen-bond donors (Lipinski definition) is 1. The lowest BCUT2D eigenvalue weighted by molar-refractivity contribution is -0.140. The fourth-order valence-corrected chi connectivity index (χ4v) is 4.88. The Kier molecular flexibility index (Phi) is 10.9. The van der Waals surface area contributed by atoms with Gasteiger partial charge in [0, 0.05) is 31.1 Å². The van der Waals surface area contributed by atoms with Crippen molar-refractivity contribution < 1.29 is 18.0 Å². The monoisotopic (exact) mass is 541 g/mol. The van der Waals surface area contributed by atoms with E-state index in [2.05, 4.69) is 5.32 Å². The van der Waals surface area contributed by atoms with E-state index in [0.29, 0.717) is 11.6 Å². The van der Waals surface area contributed by atoms with Crippen LogP contribution in [0, 0.1) is 5.92 Å². The number of benzene rings is 2. The Morgan fingerprint density at radius 3 is 2.29 bits per heavy atom. The number of anilines is 1. The van der Waals surface area contributed by atoms with Crippen molar-refractivity contribution >= 4 is 50.7 Å².